The quantitative estimate of drug-likeness (QED) is 0.773. The highest BCUT2D eigenvalue weighted by molar-refractivity contribution is 6.42. The summed E-state index contributed by atoms with van der Waals surface area (Å²) in [5, 5.41) is 0.746. The Morgan fingerprint density at radius 1 is 1.15 bits per heavy atom. The minimum atomic E-state index is -0.415. The molecule has 150 valence electrons. The van der Waals surface area contributed by atoms with E-state index in [2.05, 4.69) is 13.8 Å². The lowest BCUT2D eigenvalue weighted by molar-refractivity contribution is -0.138. The number of piperidine rings is 1. The molecule has 3 rings (SSSR count). The van der Waals surface area contributed by atoms with Gasteiger partial charge in [-0.1, -0.05) is 37.0 Å². The molecule has 2 amide bonds. The highest BCUT2D eigenvalue weighted by atomic mass is 35.5. The molecule has 0 radical (unpaired) electrons. The Morgan fingerprint density at radius 3 is 2.48 bits per heavy atom. The Bertz CT molecular complexity index is 726. The smallest absolute Gasteiger partial charge is 0.254 e. The van der Waals surface area contributed by atoms with Crippen LogP contribution in [0.15, 0.2) is 18.2 Å². The first-order valence-corrected chi connectivity index (χ1v) is 9.77. The third-order valence-corrected chi connectivity index (χ3v) is 6.33. The fraction of sp³-hybridized carbons (Fsp3) is 0.579. The third kappa shape index (κ3) is 4.53. The maximum Gasteiger partial charge on any atom is 0.254 e. The lowest BCUT2D eigenvalue weighted by Gasteiger charge is -2.44. The second kappa shape index (κ2) is 8.56. The van der Waals surface area contributed by atoms with Crippen molar-refractivity contribution in [2.24, 2.45) is 11.1 Å². The van der Waals surface area contributed by atoms with Crippen LogP contribution in [0.1, 0.15) is 43.5 Å². The first kappa shape index (κ1) is 22.3. The number of likely N-dealkylation sites (tertiary alicyclic amines) is 2. The van der Waals surface area contributed by atoms with E-state index in [1.807, 2.05) is 4.90 Å². The summed E-state index contributed by atoms with van der Waals surface area (Å²) >= 11 is 12.0. The average Bonchev–Trinajstić information content (AvgIpc) is 3.08. The molecule has 0 bridgehead atoms. The summed E-state index contributed by atoms with van der Waals surface area (Å²) < 4.78 is 0. The summed E-state index contributed by atoms with van der Waals surface area (Å²) in [6.45, 7) is 6.02. The lowest BCUT2D eigenvalue weighted by atomic mass is 9.79. The summed E-state index contributed by atoms with van der Waals surface area (Å²) in [5.41, 5.74) is 6.52. The molecule has 2 aliphatic rings. The van der Waals surface area contributed by atoms with Crippen molar-refractivity contribution in [3.8, 4) is 0 Å². The number of carbonyl (C=O) groups is 2. The predicted octanol–water partition coefficient (Wildman–Crippen LogP) is 3.61. The van der Waals surface area contributed by atoms with Gasteiger partial charge in [0.2, 0.25) is 5.91 Å². The van der Waals surface area contributed by atoms with Gasteiger partial charge in [-0.15, -0.1) is 12.4 Å². The minimum Gasteiger partial charge on any atom is -0.340 e. The second-order valence-corrected chi connectivity index (χ2v) is 8.74. The van der Waals surface area contributed by atoms with Gasteiger partial charge >= 0.3 is 0 Å². The summed E-state index contributed by atoms with van der Waals surface area (Å²) in [7, 11) is 0. The maximum atomic E-state index is 13.1. The molecular formula is C19H26Cl3N3O2. The van der Waals surface area contributed by atoms with E-state index >= 15 is 0 Å². The molecule has 1 aromatic rings. The molecule has 8 heteroatoms. The predicted molar refractivity (Wildman–Crippen MR) is 111 cm³/mol. The number of amides is 2. The monoisotopic (exact) mass is 433 g/mol. The van der Waals surface area contributed by atoms with Crippen molar-refractivity contribution in [1.82, 2.24) is 9.80 Å². The van der Waals surface area contributed by atoms with E-state index < -0.39 is 6.04 Å². The molecule has 2 saturated heterocycles. The fourth-order valence-corrected chi connectivity index (χ4v) is 4.13. The van der Waals surface area contributed by atoms with E-state index in [1.54, 1.807) is 23.1 Å². The molecule has 2 unspecified atom stereocenters. The van der Waals surface area contributed by atoms with Gasteiger partial charge < -0.3 is 15.5 Å². The van der Waals surface area contributed by atoms with E-state index in [0.29, 0.717) is 41.7 Å². The van der Waals surface area contributed by atoms with Gasteiger partial charge in [0.15, 0.2) is 0 Å². The topological polar surface area (TPSA) is 66.6 Å². The van der Waals surface area contributed by atoms with E-state index in [4.69, 9.17) is 28.9 Å². The zero-order valence-electron chi connectivity index (χ0n) is 15.6. The summed E-state index contributed by atoms with van der Waals surface area (Å²) in [6.07, 6.45) is 2.29. The van der Waals surface area contributed by atoms with Crippen molar-refractivity contribution < 1.29 is 9.59 Å². The molecule has 0 saturated carbocycles. The van der Waals surface area contributed by atoms with Crippen LogP contribution in [-0.4, -0.2) is 53.3 Å². The first-order valence-electron chi connectivity index (χ1n) is 9.01. The highest BCUT2D eigenvalue weighted by Crippen LogP contribution is 2.31. The second-order valence-electron chi connectivity index (χ2n) is 7.93. The fourth-order valence-electron chi connectivity index (χ4n) is 3.83. The molecule has 0 aliphatic carbocycles. The van der Waals surface area contributed by atoms with Crippen LogP contribution in [0.4, 0.5) is 0 Å². The van der Waals surface area contributed by atoms with Crippen molar-refractivity contribution in [2.75, 3.05) is 19.6 Å². The van der Waals surface area contributed by atoms with Gasteiger partial charge in [-0.2, -0.15) is 0 Å². The number of benzene rings is 1. The molecule has 2 heterocycles. The normalized spacial score (nSPS) is 24.5. The van der Waals surface area contributed by atoms with Crippen molar-refractivity contribution in [3.63, 3.8) is 0 Å². The van der Waals surface area contributed by atoms with Gasteiger partial charge in [-0.25, -0.2) is 0 Å². The molecule has 2 fully saturated rings. The average molecular weight is 435 g/mol. The first-order chi connectivity index (χ1) is 12.2. The Kier molecular flexibility index (Phi) is 7.06. The van der Waals surface area contributed by atoms with E-state index in [1.165, 1.54) is 0 Å². The molecule has 27 heavy (non-hydrogen) atoms. The molecule has 2 N–H and O–H groups in total. The number of halogens is 3. The number of nitrogens with two attached hydrogens (primary N) is 1. The van der Waals surface area contributed by atoms with Crippen LogP contribution in [0.3, 0.4) is 0 Å². The van der Waals surface area contributed by atoms with Gasteiger partial charge in [0.1, 0.15) is 6.04 Å². The molecule has 1 aromatic carbocycles. The third-order valence-electron chi connectivity index (χ3n) is 5.59. The number of hydrogen-bond donors (Lipinski definition) is 1. The standard InChI is InChI=1S/C19H25Cl2N3O2.ClH/c1-19(2)11-23(9-7-16(19)22)18(26)15-4-3-8-24(15)17(25)12-5-6-13(20)14(21)10-12;/h5-6,10,15-16H,3-4,7-9,11,22H2,1-2H3;1H. The largest absolute Gasteiger partial charge is 0.340 e. The highest BCUT2D eigenvalue weighted by Gasteiger charge is 2.41. The van der Waals surface area contributed by atoms with Crippen LogP contribution < -0.4 is 5.73 Å². The maximum absolute atomic E-state index is 13.1. The van der Waals surface area contributed by atoms with Gasteiger partial charge in [0, 0.05) is 31.2 Å². The Morgan fingerprint density at radius 2 is 1.85 bits per heavy atom. The molecule has 0 aromatic heterocycles. The number of rotatable bonds is 2. The Hall–Kier alpha value is -1.01. The zero-order valence-corrected chi connectivity index (χ0v) is 17.9. The van der Waals surface area contributed by atoms with Gasteiger partial charge in [-0.05, 0) is 42.9 Å². The SMILES string of the molecule is CC1(C)CN(C(=O)C2CCCN2C(=O)c2ccc(Cl)c(Cl)c2)CCC1N.Cl. The number of hydrogen-bond acceptors (Lipinski definition) is 3. The summed E-state index contributed by atoms with van der Waals surface area (Å²) in [4.78, 5) is 29.6. The van der Waals surface area contributed by atoms with E-state index in [0.717, 1.165) is 12.8 Å². The zero-order chi connectivity index (χ0) is 19.1. The molecule has 2 aliphatic heterocycles. The van der Waals surface area contributed by atoms with Crippen LogP contribution >= 0.6 is 35.6 Å². The van der Waals surface area contributed by atoms with Crippen molar-refractivity contribution in [2.45, 2.75) is 45.2 Å². The van der Waals surface area contributed by atoms with Gasteiger partial charge in [0.05, 0.1) is 10.0 Å². The minimum absolute atomic E-state index is 0. The van der Waals surface area contributed by atoms with Crippen molar-refractivity contribution in [1.29, 1.82) is 0 Å². The molecule has 2 atom stereocenters. The van der Waals surface area contributed by atoms with E-state index in [-0.39, 0.29) is 35.7 Å². The van der Waals surface area contributed by atoms with Crippen LogP contribution in [-0.2, 0) is 4.79 Å². The van der Waals surface area contributed by atoms with Gasteiger partial charge in [0.25, 0.3) is 5.91 Å². The van der Waals surface area contributed by atoms with Crippen molar-refractivity contribution >= 4 is 47.4 Å². The van der Waals surface area contributed by atoms with Crippen molar-refractivity contribution in [3.05, 3.63) is 33.8 Å². The van der Waals surface area contributed by atoms with Crippen LogP contribution in [0, 0.1) is 5.41 Å². The number of nitrogens with zero attached hydrogens (tertiary/aromatic N) is 2. The van der Waals surface area contributed by atoms with E-state index in [9.17, 15) is 9.59 Å². The molecule has 0 spiro atoms. The molecule has 5 nitrogen and oxygen atoms in total. The van der Waals surface area contributed by atoms with Crippen LogP contribution in [0.25, 0.3) is 0 Å². The summed E-state index contributed by atoms with van der Waals surface area (Å²) in [6, 6.07) is 4.50. The number of carbonyl (C=O) groups excluding carboxylic acids is 2. The summed E-state index contributed by atoms with van der Waals surface area (Å²) in [5.74, 6) is -0.150. The molecular weight excluding hydrogens is 409 g/mol. The van der Waals surface area contributed by atoms with Crippen LogP contribution in [0.5, 0.6) is 0 Å². The Labute approximate surface area is 176 Å². The Balaban J connectivity index is 0.00000261. The van der Waals surface area contributed by atoms with Gasteiger partial charge in [-0.3, -0.25) is 9.59 Å². The lowest BCUT2D eigenvalue weighted by Crippen LogP contribution is -2.57. The van der Waals surface area contributed by atoms with Crippen LogP contribution in [0.2, 0.25) is 10.0 Å².